The van der Waals surface area contributed by atoms with Gasteiger partial charge in [0, 0.05) is 29.4 Å². The number of ether oxygens (including phenoxy) is 1. The summed E-state index contributed by atoms with van der Waals surface area (Å²) in [6.45, 7) is 0. The van der Waals surface area contributed by atoms with Crippen LogP contribution < -0.4 is 4.74 Å². The lowest BCUT2D eigenvalue weighted by atomic mass is 10.2. The van der Waals surface area contributed by atoms with Gasteiger partial charge >= 0.3 is 5.97 Å². The molecule has 0 aliphatic rings. The molecule has 0 saturated heterocycles. The molecule has 0 radical (unpaired) electrons. The van der Waals surface area contributed by atoms with E-state index in [-0.39, 0.29) is 6.42 Å². The Morgan fingerprint density at radius 2 is 2.04 bits per heavy atom. The predicted octanol–water partition coefficient (Wildman–Crippen LogP) is 2.90. The molecule has 2 heterocycles. The molecule has 0 aliphatic carbocycles. The number of rotatable bonds is 7. The Morgan fingerprint density at radius 1 is 1.24 bits per heavy atom. The van der Waals surface area contributed by atoms with Crippen molar-refractivity contribution in [1.29, 1.82) is 0 Å². The normalized spacial score (nSPS) is 10.6. The topological polar surface area (TPSA) is 90.1 Å². The summed E-state index contributed by atoms with van der Waals surface area (Å²) in [6, 6.07) is 11.3. The van der Waals surface area contributed by atoms with Gasteiger partial charge in [0.25, 0.3) is 0 Å². The molecule has 128 valence electrons. The first-order chi connectivity index (χ1) is 12.2. The first kappa shape index (κ1) is 17.0. The Balaban J connectivity index is 2.01. The lowest BCUT2D eigenvalue weighted by molar-refractivity contribution is -0.136. The molecule has 2 aromatic heterocycles. The molecule has 0 fully saturated rings. The van der Waals surface area contributed by atoms with Gasteiger partial charge in [-0.3, -0.25) is 14.3 Å². The first-order valence-corrected chi connectivity index (χ1v) is 8.52. The molecule has 7 nitrogen and oxygen atoms in total. The van der Waals surface area contributed by atoms with Crippen molar-refractivity contribution in [2.45, 2.75) is 11.6 Å². The Morgan fingerprint density at radius 3 is 2.68 bits per heavy atom. The minimum atomic E-state index is -0.838. The number of benzene rings is 1. The third-order valence-electron chi connectivity index (χ3n) is 3.43. The number of carboxylic acid groups (broad SMARTS) is 1. The molecule has 1 N–H and O–H groups in total. The minimum Gasteiger partial charge on any atom is -0.497 e. The zero-order valence-electron chi connectivity index (χ0n) is 13.5. The molecule has 8 heteroatoms. The summed E-state index contributed by atoms with van der Waals surface area (Å²) >= 11 is 1.35. The third-order valence-corrected chi connectivity index (χ3v) is 4.36. The second-order valence-electron chi connectivity index (χ2n) is 5.07. The van der Waals surface area contributed by atoms with Crippen molar-refractivity contribution in [3.63, 3.8) is 0 Å². The van der Waals surface area contributed by atoms with Crippen molar-refractivity contribution in [2.75, 3.05) is 12.9 Å². The van der Waals surface area contributed by atoms with E-state index in [0.29, 0.717) is 16.7 Å². The van der Waals surface area contributed by atoms with Crippen LogP contribution in [-0.2, 0) is 4.79 Å². The van der Waals surface area contributed by atoms with E-state index in [9.17, 15) is 4.79 Å². The summed E-state index contributed by atoms with van der Waals surface area (Å²) in [4.78, 5) is 14.9. The number of carboxylic acids is 1. The van der Waals surface area contributed by atoms with E-state index in [1.54, 1.807) is 19.5 Å². The van der Waals surface area contributed by atoms with Crippen LogP contribution in [0.3, 0.4) is 0 Å². The molecule has 1 aromatic carbocycles. The van der Waals surface area contributed by atoms with Crippen LogP contribution in [0.1, 0.15) is 6.42 Å². The van der Waals surface area contributed by atoms with Crippen molar-refractivity contribution < 1.29 is 14.6 Å². The maximum atomic E-state index is 10.8. The van der Waals surface area contributed by atoms with E-state index in [2.05, 4.69) is 15.2 Å². The average Bonchev–Trinajstić information content (AvgIpc) is 3.06. The smallest absolute Gasteiger partial charge is 0.304 e. The molecule has 0 aliphatic heterocycles. The fourth-order valence-corrected chi connectivity index (χ4v) is 3.12. The molecule has 0 bridgehead atoms. The highest BCUT2D eigenvalue weighted by atomic mass is 32.2. The zero-order valence-corrected chi connectivity index (χ0v) is 14.3. The summed E-state index contributed by atoms with van der Waals surface area (Å²) in [6.07, 6.45) is 3.47. The summed E-state index contributed by atoms with van der Waals surface area (Å²) in [7, 11) is 1.61. The van der Waals surface area contributed by atoms with Gasteiger partial charge in [0.2, 0.25) is 0 Å². The SMILES string of the molecule is COc1ccc(-n2c(SCCC(=O)O)nnc2-c2cccnc2)cc1. The van der Waals surface area contributed by atoms with Gasteiger partial charge in [-0.1, -0.05) is 11.8 Å². The van der Waals surface area contributed by atoms with E-state index >= 15 is 0 Å². The lowest BCUT2D eigenvalue weighted by Crippen LogP contribution is -2.01. The number of hydrogen-bond acceptors (Lipinski definition) is 6. The fraction of sp³-hybridized carbons (Fsp3) is 0.176. The molecule has 0 atom stereocenters. The van der Waals surface area contributed by atoms with E-state index in [1.165, 1.54) is 11.8 Å². The maximum absolute atomic E-state index is 10.8. The van der Waals surface area contributed by atoms with Crippen molar-refractivity contribution in [1.82, 2.24) is 19.7 Å². The summed E-state index contributed by atoms with van der Waals surface area (Å²) in [5.41, 5.74) is 1.69. The highest BCUT2D eigenvalue weighted by Crippen LogP contribution is 2.28. The number of thioether (sulfide) groups is 1. The molecular formula is C17H16N4O3S. The molecule has 0 spiro atoms. The number of methoxy groups -OCH3 is 1. The van der Waals surface area contributed by atoms with Crippen molar-refractivity contribution in [3.05, 3.63) is 48.8 Å². The van der Waals surface area contributed by atoms with E-state index in [4.69, 9.17) is 9.84 Å². The van der Waals surface area contributed by atoms with Crippen LogP contribution in [0, 0.1) is 0 Å². The standard InChI is InChI=1S/C17H16N4O3S/c1-24-14-6-4-13(5-7-14)21-16(12-3-2-9-18-11-12)19-20-17(21)25-10-8-15(22)23/h2-7,9,11H,8,10H2,1H3,(H,22,23). The van der Waals surface area contributed by atoms with Gasteiger partial charge in [0.1, 0.15) is 5.75 Å². The van der Waals surface area contributed by atoms with Crippen LogP contribution in [0.25, 0.3) is 17.1 Å². The number of carbonyl (C=O) groups is 1. The maximum Gasteiger partial charge on any atom is 0.304 e. The summed E-state index contributed by atoms with van der Waals surface area (Å²) < 4.78 is 7.09. The van der Waals surface area contributed by atoms with Crippen molar-refractivity contribution >= 4 is 17.7 Å². The fourth-order valence-electron chi connectivity index (χ4n) is 2.24. The summed E-state index contributed by atoms with van der Waals surface area (Å²) in [5.74, 6) is 0.975. The van der Waals surface area contributed by atoms with Crippen LogP contribution in [0.15, 0.2) is 53.9 Å². The predicted molar refractivity (Wildman–Crippen MR) is 94.1 cm³/mol. The highest BCUT2D eigenvalue weighted by Gasteiger charge is 2.16. The van der Waals surface area contributed by atoms with Crippen LogP contribution >= 0.6 is 11.8 Å². The van der Waals surface area contributed by atoms with Gasteiger partial charge in [-0.2, -0.15) is 0 Å². The monoisotopic (exact) mass is 356 g/mol. The second kappa shape index (κ2) is 7.80. The third kappa shape index (κ3) is 3.97. The van der Waals surface area contributed by atoms with Gasteiger partial charge in [0.15, 0.2) is 11.0 Å². The summed E-state index contributed by atoms with van der Waals surface area (Å²) in [5, 5.41) is 18.0. The Kier molecular flexibility index (Phi) is 5.30. The largest absolute Gasteiger partial charge is 0.497 e. The molecule has 0 saturated carbocycles. The van der Waals surface area contributed by atoms with Gasteiger partial charge in [-0.15, -0.1) is 10.2 Å². The van der Waals surface area contributed by atoms with E-state index < -0.39 is 5.97 Å². The molecule has 3 aromatic rings. The molecule has 0 amide bonds. The van der Waals surface area contributed by atoms with Crippen molar-refractivity contribution in [3.8, 4) is 22.8 Å². The molecule has 3 rings (SSSR count). The molecule has 25 heavy (non-hydrogen) atoms. The van der Waals surface area contributed by atoms with E-state index in [1.807, 2.05) is 41.0 Å². The van der Waals surface area contributed by atoms with Gasteiger partial charge < -0.3 is 9.84 Å². The molecular weight excluding hydrogens is 340 g/mol. The van der Waals surface area contributed by atoms with Crippen LogP contribution in [0.4, 0.5) is 0 Å². The lowest BCUT2D eigenvalue weighted by Gasteiger charge is -2.10. The first-order valence-electron chi connectivity index (χ1n) is 7.54. The number of aromatic nitrogens is 4. The number of aliphatic carboxylic acids is 1. The van der Waals surface area contributed by atoms with Crippen LogP contribution in [-0.4, -0.2) is 43.7 Å². The molecule has 0 unspecified atom stereocenters. The number of hydrogen-bond donors (Lipinski definition) is 1. The average molecular weight is 356 g/mol. The van der Waals surface area contributed by atoms with Gasteiger partial charge in [-0.25, -0.2) is 0 Å². The minimum absolute atomic E-state index is 0.0579. The van der Waals surface area contributed by atoms with Crippen molar-refractivity contribution in [2.24, 2.45) is 0 Å². The number of nitrogens with zero attached hydrogens (tertiary/aromatic N) is 4. The Hall–Kier alpha value is -2.87. The zero-order chi connectivity index (χ0) is 17.6. The van der Waals surface area contributed by atoms with Crippen LogP contribution in [0.5, 0.6) is 5.75 Å². The van der Waals surface area contributed by atoms with Gasteiger partial charge in [0.05, 0.1) is 13.5 Å². The van der Waals surface area contributed by atoms with Gasteiger partial charge in [-0.05, 0) is 36.4 Å². The quantitative estimate of drug-likeness (QED) is 0.651. The Bertz CT molecular complexity index is 850. The number of pyridine rings is 1. The van der Waals surface area contributed by atoms with E-state index in [0.717, 1.165) is 17.0 Å². The highest BCUT2D eigenvalue weighted by molar-refractivity contribution is 7.99. The second-order valence-corrected chi connectivity index (χ2v) is 6.14. The Labute approximate surface area is 148 Å². The van der Waals surface area contributed by atoms with Crippen LogP contribution in [0.2, 0.25) is 0 Å².